The van der Waals surface area contributed by atoms with Crippen molar-refractivity contribution in [1.29, 1.82) is 0 Å². The van der Waals surface area contributed by atoms with Crippen molar-refractivity contribution in [3.63, 3.8) is 0 Å². The van der Waals surface area contributed by atoms with Crippen LogP contribution in [0.1, 0.15) is 5.56 Å². The molecule has 0 aliphatic rings. The van der Waals surface area contributed by atoms with E-state index in [1.54, 1.807) is 30.4 Å². The molecule has 0 fully saturated rings. The lowest BCUT2D eigenvalue weighted by molar-refractivity contribution is -0.134. The molecule has 0 radical (unpaired) electrons. The fraction of sp³-hybridized carbons (Fsp3) is 0.188. The lowest BCUT2D eigenvalue weighted by Crippen LogP contribution is -1.99. The molecule has 0 bridgehead atoms. The summed E-state index contributed by atoms with van der Waals surface area (Å²) in [6.07, 6.45) is 6.29. The fourth-order valence-electron chi connectivity index (χ4n) is 1.39. The van der Waals surface area contributed by atoms with E-state index in [1.807, 2.05) is 6.07 Å². The first-order chi connectivity index (χ1) is 9.71. The number of carbonyl (C=O) groups excluding carboxylic acids is 1. The Morgan fingerprint density at radius 3 is 2.40 bits per heavy atom. The summed E-state index contributed by atoms with van der Waals surface area (Å²) >= 11 is 0. The number of benzene rings is 1. The molecule has 1 rings (SSSR count). The van der Waals surface area contributed by atoms with Crippen LogP contribution < -0.4 is 9.47 Å². The van der Waals surface area contributed by atoms with Crippen LogP contribution in [0.2, 0.25) is 0 Å². The molecule has 20 heavy (non-hydrogen) atoms. The van der Waals surface area contributed by atoms with E-state index >= 15 is 0 Å². The highest BCUT2D eigenvalue weighted by molar-refractivity contribution is 5.87. The summed E-state index contributed by atoms with van der Waals surface area (Å²) in [7, 11) is 1.33. The lowest BCUT2D eigenvalue weighted by Gasteiger charge is -2.11. The van der Waals surface area contributed by atoms with Gasteiger partial charge in [0.15, 0.2) is 11.5 Å². The van der Waals surface area contributed by atoms with Crippen LogP contribution in [0, 0.1) is 0 Å². The first kappa shape index (κ1) is 15.6. The second-order valence-corrected chi connectivity index (χ2v) is 3.76. The molecule has 1 aromatic rings. The van der Waals surface area contributed by atoms with Gasteiger partial charge in [-0.1, -0.05) is 31.4 Å². The Morgan fingerprint density at radius 1 is 1.15 bits per heavy atom. The van der Waals surface area contributed by atoms with Gasteiger partial charge in [0.05, 0.1) is 7.11 Å². The third-order valence-electron chi connectivity index (χ3n) is 2.29. The van der Waals surface area contributed by atoms with Crippen molar-refractivity contribution in [2.75, 3.05) is 20.3 Å². The van der Waals surface area contributed by atoms with Gasteiger partial charge in [-0.2, -0.15) is 0 Å². The lowest BCUT2D eigenvalue weighted by atomic mass is 10.2. The molecule has 0 spiro atoms. The fourth-order valence-corrected chi connectivity index (χ4v) is 1.39. The van der Waals surface area contributed by atoms with E-state index in [2.05, 4.69) is 17.9 Å². The average Bonchev–Trinajstić information content (AvgIpc) is 2.49. The van der Waals surface area contributed by atoms with Crippen LogP contribution in [-0.4, -0.2) is 26.3 Å². The third-order valence-corrected chi connectivity index (χ3v) is 2.29. The second-order valence-electron chi connectivity index (χ2n) is 3.76. The van der Waals surface area contributed by atoms with Gasteiger partial charge in [-0.05, 0) is 23.8 Å². The molecule has 0 aliphatic carbocycles. The molecule has 0 N–H and O–H groups in total. The Balaban J connectivity index is 2.93. The zero-order chi connectivity index (χ0) is 14.8. The zero-order valence-corrected chi connectivity index (χ0v) is 11.5. The van der Waals surface area contributed by atoms with Crippen molar-refractivity contribution >= 4 is 12.0 Å². The molecule has 0 heterocycles. The summed E-state index contributed by atoms with van der Waals surface area (Å²) in [5.74, 6) is 0.784. The summed E-state index contributed by atoms with van der Waals surface area (Å²) in [5.41, 5.74) is 0.806. The molecule has 4 heteroatoms. The van der Waals surface area contributed by atoms with Gasteiger partial charge in [-0.3, -0.25) is 0 Å². The van der Waals surface area contributed by atoms with Crippen LogP contribution in [0.5, 0.6) is 11.5 Å². The largest absolute Gasteiger partial charge is 0.486 e. The van der Waals surface area contributed by atoms with Crippen LogP contribution >= 0.6 is 0 Å². The standard InChI is InChI=1S/C16H18O4/c1-4-10-19-14-8-6-13(7-9-16(17)18-3)12-15(14)20-11-5-2/h4-9,12H,1-2,10-11H2,3H3/b9-7+. The Bertz CT molecular complexity index is 503. The minimum atomic E-state index is -0.412. The maximum Gasteiger partial charge on any atom is 0.330 e. The Hall–Kier alpha value is -2.49. The minimum Gasteiger partial charge on any atom is -0.486 e. The van der Waals surface area contributed by atoms with E-state index in [0.717, 1.165) is 5.56 Å². The first-order valence-electron chi connectivity index (χ1n) is 6.08. The number of carbonyl (C=O) groups is 1. The van der Waals surface area contributed by atoms with Crippen LogP contribution in [0.25, 0.3) is 6.08 Å². The van der Waals surface area contributed by atoms with Crippen LogP contribution in [0.15, 0.2) is 49.6 Å². The molecular weight excluding hydrogens is 256 g/mol. The smallest absolute Gasteiger partial charge is 0.330 e. The van der Waals surface area contributed by atoms with Crippen molar-refractivity contribution in [3.8, 4) is 11.5 Å². The highest BCUT2D eigenvalue weighted by atomic mass is 16.5. The molecule has 0 amide bonds. The number of methoxy groups -OCH3 is 1. The number of hydrogen-bond acceptors (Lipinski definition) is 4. The van der Waals surface area contributed by atoms with Crippen LogP contribution in [0.4, 0.5) is 0 Å². The quantitative estimate of drug-likeness (QED) is 0.415. The molecule has 0 atom stereocenters. The van der Waals surface area contributed by atoms with Crippen LogP contribution in [-0.2, 0) is 9.53 Å². The first-order valence-corrected chi connectivity index (χ1v) is 6.08. The number of hydrogen-bond donors (Lipinski definition) is 0. The predicted octanol–water partition coefficient (Wildman–Crippen LogP) is 3.00. The normalized spacial score (nSPS) is 10.1. The Labute approximate surface area is 119 Å². The van der Waals surface area contributed by atoms with Crippen molar-refractivity contribution < 1.29 is 19.0 Å². The number of ether oxygens (including phenoxy) is 3. The Kier molecular flexibility index (Phi) is 6.68. The number of rotatable bonds is 8. The summed E-state index contributed by atoms with van der Waals surface area (Å²) in [5, 5.41) is 0. The summed E-state index contributed by atoms with van der Waals surface area (Å²) in [4.78, 5) is 11.1. The molecule has 4 nitrogen and oxygen atoms in total. The zero-order valence-electron chi connectivity index (χ0n) is 11.5. The van der Waals surface area contributed by atoms with E-state index in [1.165, 1.54) is 13.2 Å². The van der Waals surface area contributed by atoms with E-state index in [9.17, 15) is 4.79 Å². The maximum atomic E-state index is 11.1. The maximum absolute atomic E-state index is 11.1. The predicted molar refractivity (Wildman–Crippen MR) is 78.9 cm³/mol. The monoisotopic (exact) mass is 274 g/mol. The van der Waals surface area contributed by atoms with Crippen LogP contribution in [0.3, 0.4) is 0 Å². The molecule has 0 aliphatic heterocycles. The van der Waals surface area contributed by atoms with Gasteiger partial charge < -0.3 is 14.2 Å². The van der Waals surface area contributed by atoms with Crippen molar-refractivity contribution in [2.24, 2.45) is 0 Å². The van der Waals surface area contributed by atoms with Gasteiger partial charge in [0.1, 0.15) is 13.2 Å². The highest BCUT2D eigenvalue weighted by Crippen LogP contribution is 2.29. The molecular formula is C16H18O4. The third kappa shape index (κ3) is 5.02. The molecule has 0 aromatic heterocycles. The van der Waals surface area contributed by atoms with Gasteiger partial charge in [0, 0.05) is 6.08 Å². The van der Waals surface area contributed by atoms with Gasteiger partial charge in [-0.15, -0.1) is 0 Å². The van der Waals surface area contributed by atoms with Crippen molar-refractivity contribution in [1.82, 2.24) is 0 Å². The van der Waals surface area contributed by atoms with Gasteiger partial charge in [0.2, 0.25) is 0 Å². The van der Waals surface area contributed by atoms with Crippen molar-refractivity contribution in [2.45, 2.75) is 0 Å². The Morgan fingerprint density at radius 2 is 1.80 bits per heavy atom. The molecule has 106 valence electrons. The summed E-state index contributed by atoms with van der Waals surface area (Å²) in [6.45, 7) is 7.96. The summed E-state index contributed by atoms with van der Waals surface area (Å²) in [6, 6.07) is 5.37. The molecule has 1 aromatic carbocycles. The van der Waals surface area contributed by atoms with E-state index < -0.39 is 5.97 Å². The topological polar surface area (TPSA) is 44.8 Å². The van der Waals surface area contributed by atoms with E-state index in [4.69, 9.17) is 9.47 Å². The highest BCUT2D eigenvalue weighted by Gasteiger charge is 2.05. The molecule has 0 saturated carbocycles. The minimum absolute atomic E-state index is 0.370. The molecule has 0 saturated heterocycles. The van der Waals surface area contributed by atoms with E-state index in [-0.39, 0.29) is 0 Å². The van der Waals surface area contributed by atoms with Gasteiger partial charge >= 0.3 is 5.97 Å². The summed E-state index contributed by atoms with van der Waals surface area (Å²) < 4.78 is 15.6. The SMILES string of the molecule is C=CCOc1ccc(/C=C/C(=O)OC)cc1OCC=C. The second kappa shape index (κ2) is 8.58. The average molecular weight is 274 g/mol. The van der Waals surface area contributed by atoms with Gasteiger partial charge in [0.25, 0.3) is 0 Å². The number of esters is 1. The van der Waals surface area contributed by atoms with E-state index in [0.29, 0.717) is 24.7 Å². The molecule has 0 unspecified atom stereocenters. The van der Waals surface area contributed by atoms with Crippen molar-refractivity contribution in [3.05, 3.63) is 55.1 Å². The van der Waals surface area contributed by atoms with Gasteiger partial charge in [-0.25, -0.2) is 4.79 Å².